The fourth-order valence-electron chi connectivity index (χ4n) is 5.89. The third-order valence-electron chi connectivity index (χ3n) is 8.37. The second-order valence-corrected chi connectivity index (χ2v) is 11.8. The number of nitrogen functional groups attached to an aromatic ring is 1. The molecule has 7 nitrogen and oxygen atoms in total. The van der Waals surface area contributed by atoms with E-state index >= 15 is 4.39 Å². The van der Waals surface area contributed by atoms with Crippen molar-refractivity contribution < 1.29 is 35.5 Å². The summed E-state index contributed by atoms with van der Waals surface area (Å²) in [6.07, 6.45) is 1.81. The lowest BCUT2D eigenvalue weighted by Gasteiger charge is -2.30. The van der Waals surface area contributed by atoms with Gasteiger partial charge in [-0.05, 0) is 69.2 Å². The molecule has 1 aliphatic carbocycles. The maximum Gasteiger partial charge on any atom is 0.417 e. The van der Waals surface area contributed by atoms with E-state index in [2.05, 4.69) is 25.2 Å². The predicted molar refractivity (Wildman–Crippen MR) is 164 cm³/mol. The number of alkyl halides is 4. The van der Waals surface area contributed by atoms with Gasteiger partial charge in [0.05, 0.1) is 28.5 Å². The second kappa shape index (κ2) is 14.0. The van der Waals surface area contributed by atoms with E-state index in [1.807, 2.05) is 6.92 Å². The van der Waals surface area contributed by atoms with Gasteiger partial charge in [-0.3, -0.25) is 9.88 Å². The molecule has 46 heavy (non-hydrogen) atoms. The highest BCUT2D eigenvalue weighted by Crippen LogP contribution is 2.44. The van der Waals surface area contributed by atoms with Crippen LogP contribution in [0.4, 0.5) is 42.2 Å². The van der Waals surface area contributed by atoms with Crippen molar-refractivity contribution in [3.8, 4) is 17.3 Å². The van der Waals surface area contributed by atoms with Crippen molar-refractivity contribution in [2.75, 3.05) is 37.3 Å². The van der Waals surface area contributed by atoms with E-state index in [1.165, 1.54) is 6.20 Å². The van der Waals surface area contributed by atoms with Gasteiger partial charge in [-0.1, -0.05) is 20.8 Å². The molecule has 3 aromatic rings. The molecule has 3 fully saturated rings. The number of benzene rings is 1. The van der Waals surface area contributed by atoms with Gasteiger partial charge in [-0.2, -0.15) is 23.1 Å². The monoisotopic (exact) mass is 656 g/mol. The number of fused-ring (bicyclic) bond motifs is 2. The molecule has 6 rings (SSSR count). The normalized spacial score (nSPS) is 20.3. The van der Waals surface area contributed by atoms with Gasteiger partial charge in [0.2, 0.25) is 0 Å². The first-order chi connectivity index (χ1) is 21.4. The van der Waals surface area contributed by atoms with Crippen molar-refractivity contribution in [3.05, 3.63) is 46.9 Å². The number of pyridine rings is 1. The predicted octanol–water partition coefficient (Wildman–Crippen LogP) is 8.32. The molecule has 1 atom stereocenters. The van der Waals surface area contributed by atoms with Crippen molar-refractivity contribution in [2.24, 2.45) is 0 Å². The molecule has 0 spiro atoms. The zero-order chi connectivity index (χ0) is 32.5. The van der Waals surface area contributed by atoms with E-state index in [9.17, 15) is 26.3 Å². The molecule has 252 valence electrons. The van der Waals surface area contributed by atoms with E-state index in [0.717, 1.165) is 58.1 Å². The quantitative estimate of drug-likeness (QED) is 0.143. The summed E-state index contributed by atoms with van der Waals surface area (Å²) >= 11 is 0. The molecule has 0 bridgehead atoms. The van der Waals surface area contributed by atoms with E-state index in [4.69, 9.17) is 10.5 Å². The van der Waals surface area contributed by atoms with Crippen LogP contribution in [0.5, 0.6) is 6.01 Å². The minimum Gasteiger partial charge on any atom is -0.461 e. The van der Waals surface area contributed by atoms with Crippen molar-refractivity contribution in [2.45, 2.75) is 84.1 Å². The number of nitrogens with one attached hydrogen (secondary N) is 1. The molecule has 3 N–H and O–H groups in total. The first-order valence-corrected chi connectivity index (χ1v) is 14.9. The SMILES string of the molecule is C.CCCCNc1nc(OC[C@@]23CCCN2C/C(=C\F)C3)nc2c(F)c(-c3cc(N)c(F)c(C)c3C(F)(F)F)ncc12.FC1CC1. The number of rotatable bonds is 8. The average Bonchev–Trinajstić information content (AvgIpc) is 3.55. The van der Waals surface area contributed by atoms with Gasteiger partial charge in [0.25, 0.3) is 0 Å². The topological polar surface area (TPSA) is 89.2 Å². The minimum atomic E-state index is -5.01. The van der Waals surface area contributed by atoms with Gasteiger partial charge in [-0.25, -0.2) is 17.6 Å². The largest absolute Gasteiger partial charge is 0.461 e. The number of ether oxygens (including phenoxy) is 1. The Morgan fingerprint density at radius 3 is 2.54 bits per heavy atom. The Kier molecular flexibility index (Phi) is 10.7. The molecule has 2 aliphatic heterocycles. The fraction of sp³-hybridized carbons (Fsp3) is 0.531. The molecule has 1 saturated carbocycles. The van der Waals surface area contributed by atoms with Crippen LogP contribution in [0.25, 0.3) is 22.2 Å². The molecular formula is C32H39F7N6O. The van der Waals surface area contributed by atoms with Crippen LogP contribution in [-0.4, -0.2) is 57.8 Å². The van der Waals surface area contributed by atoms with Gasteiger partial charge < -0.3 is 15.8 Å². The Balaban J connectivity index is 0.000000891. The van der Waals surface area contributed by atoms with Gasteiger partial charge in [-0.15, -0.1) is 0 Å². The maximum absolute atomic E-state index is 16.1. The molecule has 2 aromatic heterocycles. The summed E-state index contributed by atoms with van der Waals surface area (Å²) in [6, 6.07) is 0.544. The Bertz CT molecular complexity index is 1590. The molecule has 2 saturated heterocycles. The summed E-state index contributed by atoms with van der Waals surface area (Å²) in [5, 5.41) is 3.25. The van der Waals surface area contributed by atoms with Crippen LogP contribution in [0.15, 0.2) is 24.2 Å². The number of aromatic nitrogens is 3. The number of halogens is 7. The Morgan fingerprint density at radius 2 is 1.91 bits per heavy atom. The van der Waals surface area contributed by atoms with Gasteiger partial charge in [0.15, 0.2) is 5.82 Å². The molecule has 0 unspecified atom stereocenters. The van der Waals surface area contributed by atoms with E-state index in [-0.39, 0.29) is 36.8 Å². The van der Waals surface area contributed by atoms with Gasteiger partial charge in [0, 0.05) is 24.8 Å². The summed E-state index contributed by atoms with van der Waals surface area (Å²) in [5.41, 5.74) is 1.44. The van der Waals surface area contributed by atoms with Crippen LogP contribution in [0.1, 0.15) is 70.4 Å². The number of hydrogen-bond acceptors (Lipinski definition) is 7. The highest BCUT2D eigenvalue weighted by Gasteiger charge is 2.47. The lowest BCUT2D eigenvalue weighted by molar-refractivity contribution is -0.137. The van der Waals surface area contributed by atoms with Gasteiger partial charge >= 0.3 is 12.2 Å². The Labute approximate surface area is 263 Å². The molecule has 0 radical (unpaired) electrons. The van der Waals surface area contributed by atoms with E-state index in [1.54, 1.807) is 0 Å². The van der Waals surface area contributed by atoms with Gasteiger partial charge in [0.1, 0.15) is 35.6 Å². The second-order valence-electron chi connectivity index (χ2n) is 11.8. The van der Waals surface area contributed by atoms with Crippen molar-refractivity contribution >= 4 is 22.4 Å². The summed E-state index contributed by atoms with van der Waals surface area (Å²) in [6.45, 7) is 4.81. The standard InChI is InChI=1S/C28H30F6N6O.C3H5F.CH4/c1-3-4-7-36-25-18-12-37-23(17-9-19(35)21(30)15(2)20(17)28(32,33)34)22(31)24(18)38-26(39-25)41-14-27-6-5-8-40(27)13-16(10-27)11-29;4-3-1-2-3;/h9,11-12H,3-8,10,13-14,35H2,1-2H3,(H,36,38,39);3H,1-2H2;1H4/b16-11-;;/t27-;;/m0../s1. The van der Waals surface area contributed by atoms with Crippen LogP contribution in [0, 0.1) is 18.6 Å². The number of unbranched alkanes of at least 4 members (excludes halogenated alkanes) is 1. The Hall–Kier alpha value is -3.68. The highest BCUT2D eigenvalue weighted by atomic mass is 19.4. The summed E-state index contributed by atoms with van der Waals surface area (Å²) < 4.78 is 103. The summed E-state index contributed by atoms with van der Waals surface area (Å²) in [4.78, 5) is 14.8. The summed E-state index contributed by atoms with van der Waals surface area (Å²) in [5.74, 6) is -2.19. The average molecular weight is 657 g/mol. The third-order valence-corrected chi connectivity index (χ3v) is 8.37. The van der Waals surface area contributed by atoms with Crippen LogP contribution < -0.4 is 15.8 Å². The number of anilines is 2. The molecule has 14 heteroatoms. The zero-order valence-electron chi connectivity index (χ0n) is 25.0. The maximum atomic E-state index is 16.1. The third kappa shape index (κ3) is 7.16. The number of nitrogens with zero attached hydrogens (tertiary/aromatic N) is 4. The molecule has 1 aromatic carbocycles. The van der Waals surface area contributed by atoms with E-state index in [0.29, 0.717) is 31.4 Å². The highest BCUT2D eigenvalue weighted by molar-refractivity contribution is 5.92. The lowest BCUT2D eigenvalue weighted by atomic mass is 9.94. The molecule has 3 aliphatic rings. The molecular weight excluding hydrogens is 617 g/mol. The Morgan fingerprint density at radius 1 is 1.20 bits per heavy atom. The summed E-state index contributed by atoms with van der Waals surface area (Å²) in [7, 11) is 0. The minimum absolute atomic E-state index is 0. The van der Waals surface area contributed by atoms with E-state index < -0.39 is 57.6 Å². The first-order valence-electron chi connectivity index (χ1n) is 14.9. The first kappa shape index (κ1) is 35.2. The fourth-order valence-corrected chi connectivity index (χ4v) is 5.89. The zero-order valence-corrected chi connectivity index (χ0v) is 25.0. The van der Waals surface area contributed by atoms with Crippen molar-refractivity contribution in [3.63, 3.8) is 0 Å². The van der Waals surface area contributed by atoms with Crippen LogP contribution >= 0.6 is 0 Å². The molecule has 4 heterocycles. The number of nitrogens with two attached hydrogens (primary N) is 1. The van der Waals surface area contributed by atoms with Crippen LogP contribution in [0.3, 0.4) is 0 Å². The van der Waals surface area contributed by atoms with Crippen molar-refractivity contribution in [1.29, 1.82) is 0 Å². The smallest absolute Gasteiger partial charge is 0.417 e. The van der Waals surface area contributed by atoms with Crippen LogP contribution in [0.2, 0.25) is 0 Å². The van der Waals surface area contributed by atoms with Crippen molar-refractivity contribution in [1.82, 2.24) is 19.9 Å². The lowest BCUT2D eigenvalue weighted by Crippen LogP contribution is -2.43. The number of hydrogen-bond donors (Lipinski definition) is 2. The van der Waals surface area contributed by atoms with Crippen LogP contribution in [-0.2, 0) is 6.18 Å². The molecule has 0 amide bonds.